The Morgan fingerprint density at radius 3 is 2.68 bits per heavy atom. The maximum absolute atomic E-state index is 13.6. The fourth-order valence-electron chi connectivity index (χ4n) is 1.86. The topological polar surface area (TPSA) is 46.9 Å². The SMILES string of the molecule is CC(C)n1nccc1NC(=O)[C@@H](C)Sc1cc(F)ccc1F. The highest BCUT2D eigenvalue weighted by Crippen LogP contribution is 2.27. The van der Waals surface area contributed by atoms with E-state index < -0.39 is 16.9 Å². The molecule has 2 aromatic rings. The third kappa shape index (κ3) is 3.85. The summed E-state index contributed by atoms with van der Waals surface area (Å²) < 4.78 is 28.4. The fourth-order valence-corrected chi connectivity index (χ4v) is 2.77. The van der Waals surface area contributed by atoms with Crippen LogP contribution in [-0.4, -0.2) is 20.9 Å². The molecule has 1 aromatic carbocycles. The van der Waals surface area contributed by atoms with Crippen molar-refractivity contribution in [1.29, 1.82) is 0 Å². The van der Waals surface area contributed by atoms with E-state index in [-0.39, 0.29) is 16.8 Å². The van der Waals surface area contributed by atoms with Crippen LogP contribution in [0.25, 0.3) is 0 Å². The Labute approximate surface area is 131 Å². The van der Waals surface area contributed by atoms with Crippen LogP contribution in [0.4, 0.5) is 14.6 Å². The van der Waals surface area contributed by atoms with Gasteiger partial charge in [-0.05, 0) is 39.0 Å². The number of benzene rings is 1. The normalized spacial score (nSPS) is 12.5. The lowest BCUT2D eigenvalue weighted by molar-refractivity contribution is -0.115. The van der Waals surface area contributed by atoms with Crippen LogP contribution < -0.4 is 5.32 Å². The number of aromatic nitrogens is 2. The highest BCUT2D eigenvalue weighted by molar-refractivity contribution is 8.00. The molecule has 118 valence electrons. The van der Waals surface area contributed by atoms with Crippen LogP contribution in [0.3, 0.4) is 0 Å². The number of amides is 1. The summed E-state index contributed by atoms with van der Waals surface area (Å²) in [7, 11) is 0. The summed E-state index contributed by atoms with van der Waals surface area (Å²) in [6.45, 7) is 5.53. The number of rotatable bonds is 5. The van der Waals surface area contributed by atoms with Crippen LogP contribution in [0.15, 0.2) is 35.4 Å². The molecule has 0 unspecified atom stereocenters. The van der Waals surface area contributed by atoms with Crippen LogP contribution in [0.1, 0.15) is 26.8 Å². The minimum atomic E-state index is -0.577. The molecule has 0 saturated carbocycles. The predicted octanol–water partition coefficient (Wildman–Crippen LogP) is 3.86. The van der Waals surface area contributed by atoms with Crippen molar-refractivity contribution in [2.45, 2.75) is 37.0 Å². The Kier molecular flexibility index (Phi) is 5.18. The fraction of sp³-hybridized carbons (Fsp3) is 0.333. The average molecular weight is 325 g/mol. The zero-order valence-electron chi connectivity index (χ0n) is 12.5. The van der Waals surface area contributed by atoms with Crippen molar-refractivity contribution in [1.82, 2.24) is 9.78 Å². The lowest BCUT2D eigenvalue weighted by Gasteiger charge is -2.15. The molecule has 0 aliphatic heterocycles. The van der Waals surface area contributed by atoms with E-state index in [1.165, 1.54) is 0 Å². The van der Waals surface area contributed by atoms with Crippen LogP contribution in [0.2, 0.25) is 0 Å². The second-order valence-corrected chi connectivity index (χ2v) is 6.46. The summed E-state index contributed by atoms with van der Waals surface area (Å²) in [5.41, 5.74) is 0. The van der Waals surface area contributed by atoms with E-state index in [2.05, 4.69) is 10.4 Å². The highest BCUT2D eigenvalue weighted by Gasteiger charge is 2.19. The summed E-state index contributed by atoms with van der Waals surface area (Å²) in [5.74, 6) is -0.795. The van der Waals surface area contributed by atoms with Gasteiger partial charge in [0.2, 0.25) is 5.91 Å². The first-order valence-corrected chi connectivity index (χ1v) is 7.72. The minimum absolute atomic E-state index is 0.105. The van der Waals surface area contributed by atoms with Gasteiger partial charge in [-0.1, -0.05) is 0 Å². The third-order valence-corrected chi connectivity index (χ3v) is 4.11. The van der Waals surface area contributed by atoms with Gasteiger partial charge in [-0.15, -0.1) is 11.8 Å². The largest absolute Gasteiger partial charge is 0.310 e. The number of anilines is 1. The third-order valence-electron chi connectivity index (χ3n) is 2.98. The first-order valence-electron chi connectivity index (χ1n) is 6.84. The van der Waals surface area contributed by atoms with Crippen molar-refractivity contribution in [3.8, 4) is 0 Å². The molecule has 0 saturated heterocycles. The number of carbonyl (C=O) groups excluding carboxylic acids is 1. The Bertz CT molecular complexity index is 673. The van der Waals surface area contributed by atoms with Gasteiger partial charge in [-0.3, -0.25) is 4.79 Å². The minimum Gasteiger partial charge on any atom is -0.310 e. The Morgan fingerprint density at radius 1 is 1.27 bits per heavy atom. The summed E-state index contributed by atoms with van der Waals surface area (Å²) >= 11 is 0.972. The monoisotopic (exact) mass is 325 g/mol. The molecule has 0 bridgehead atoms. The summed E-state index contributed by atoms with van der Waals surface area (Å²) in [6.07, 6.45) is 1.60. The zero-order valence-corrected chi connectivity index (χ0v) is 13.3. The molecule has 4 nitrogen and oxygen atoms in total. The average Bonchev–Trinajstić information content (AvgIpc) is 2.91. The van der Waals surface area contributed by atoms with Crippen molar-refractivity contribution in [3.05, 3.63) is 42.1 Å². The van der Waals surface area contributed by atoms with E-state index >= 15 is 0 Å². The van der Waals surface area contributed by atoms with Gasteiger partial charge < -0.3 is 5.32 Å². The molecule has 1 amide bonds. The van der Waals surface area contributed by atoms with E-state index in [9.17, 15) is 13.6 Å². The quantitative estimate of drug-likeness (QED) is 0.849. The zero-order chi connectivity index (χ0) is 16.3. The molecule has 0 aliphatic rings. The maximum atomic E-state index is 13.6. The van der Waals surface area contributed by atoms with Gasteiger partial charge in [-0.25, -0.2) is 13.5 Å². The highest BCUT2D eigenvalue weighted by atomic mass is 32.2. The van der Waals surface area contributed by atoms with Crippen molar-refractivity contribution in [2.24, 2.45) is 0 Å². The van der Waals surface area contributed by atoms with Gasteiger partial charge in [0.1, 0.15) is 17.5 Å². The summed E-state index contributed by atoms with van der Waals surface area (Å²) in [5, 5.41) is 6.30. The van der Waals surface area contributed by atoms with Gasteiger partial charge in [-0.2, -0.15) is 5.10 Å². The van der Waals surface area contributed by atoms with Crippen LogP contribution in [0, 0.1) is 11.6 Å². The summed E-state index contributed by atoms with van der Waals surface area (Å²) in [4.78, 5) is 12.3. The van der Waals surface area contributed by atoms with Crippen molar-refractivity contribution in [3.63, 3.8) is 0 Å². The Hall–Kier alpha value is -1.89. The Balaban J connectivity index is 2.06. The maximum Gasteiger partial charge on any atom is 0.238 e. The van der Waals surface area contributed by atoms with Crippen molar-refractivity contribution in [2.75, 3.05) is 5.32 Å². The van der Waals surface area contributed by atoms with E-state index in [0.717, 1.165) is 30.0 Å². The standard InChI is InChI=1S/C15H17F2N3OS/c1-9(2)20-14(6-7-18-20)19-15(21)10(3)22-13-8-11(16)4-5-12(13)17/h4-10H,1-3H3,(H,19,21)/t10-/m1/s1. The van der Waals surface area contributed by atoms with Gasteiger partial charge in [0, 0.05) is 17.0 Å². The van der Waals surface area contributed by atoms with Gasteiger partial charge in [0.25, 0.3) is 0 Å². The smallest absolute Gasteiger partial charge is 0.238 e. The van der Waals surface area contributed by atoms with Crippen molar-refractivity contribution >= 4 is 23.5 Å². The molecule has 0 fully saturated rings. The molecule has 0 spiro atoms. The second-order valence-electron chi connectivity index (χ2n) is 5.08. The summed E-state index contributed by atoms with van der Waals surface area (Å²) in [6, 6.07) is 4.98. The molecule has 1 aromatic heterocycles. The predicted molar refractivity (Wildman–Crippen MR) is 82.9 cm³/mol. The molecule has 2 rings (SSSR count). The van der Waals surface area contributed by atoms with E-state index in [4.69, 9.17) is 0 Å². The van der Waals surface area contributed by atoms with Gasteiger partial charge in [0.15, 0.2) is 0 Å². The molecular formula is C15H17F2N3OS. The van der Waals surface area contributed by atoms with Crippen LogP contribution >= 0.6 is 11.8 Å². The number of halogens is 2. The van der Waals surface area contributed by atoms with Gasteiger partial charge in [0.05, 0.1) is 11.4 Å². The number of hydrogen-bond acceptors (Lipinski definition) is 3. The van der Waals surface area contributed by atoms with Crippen LogP contribution in [-0.2, 0) is 4.79 Å². The van der Waals surface area contributed by atoms with Gasteiger partial charge >= 0.3 is 0 Å². The molecule has 1 atom stereocenters. The number of thioether (sulfide) groups is 1. The molecule has 22 heavy (non-hydrogen) atoms. The van der Waals surface area contributed by atoms with E-state index in [1.54, 1.807) is 23.9 Å². The molecule has 1 N–H and O–H groups in total. The first kappa shape index (κ1) is 16.5. The molecule has 1 heterocycles. The Morgan fingerprint density at radius 2 is 2.00 bits per heavy atom. The molecule has 0 aliphatic carbocycles. The lowest BCUT2D eigenvalue weighted by atomic mass is 10.3. The van der Waals surface area contributed by atoms with E-state index in [1.807, 2.05) is 13.8 Å². The first-order chi connectivity index (χ1) is 10.4. The van der Waals surface area contributed by atoms with E-state index in [0.29, 0.717) is 5.82 Å². The molecular weight excluding hydrogens is 308 g/mol. The number of hydrogen-bond donors (Lipinski definition) is 1. The second kappa shape index (κ2) is 6.91. The number of nitrogens with zero attached hydrogens (tertiary/aromatic N) is 2. The molecule has 0 radical (unpaired) electrons. The molecule has 7 heteroatoms. The van der Waals surface area contributed by atoms with Crippen LogP contribution in [0.5, 0.6) is 0 Å². The lowest BCUT2D eigenvalue weighted by Crippen LogP contribution is -2.24. The number of carbonyl (C=O) groups is 1. The van der Waals surface area contributed by atoms with Crippen molar-refractivity contribution < 1.29 is 13.6 Å². The number of nitrogens with one attached hydrogen (secondary N) is 1.